The van der Waals surface area contributed by atoms with Crippen LogP contribution in [0.25, 0.3) is 0 Å². The number of rotatable bonds is 4. The van der Waals surface area contributed by atoms with E-state index in [1.807, 2.05) is 6.92 Å². The van der Waals surface area contributed by atoms with E-state index < -0.39 is 16.0 Å². The van der Waals surface area contributed by atoms with Crippen molar-refractivity contribution in [1.29, 1.82) is 0 Å². The predicted octanol–water partition coefficient (Wildman–Crippen LogP) is 3.17. The van der Waals surface area contributed by atoms with Crippen molar-refractivity contribution in [3.8, 4) is 0 Å². The molecule has 7 heteroatoms. The smallest absolute Gasteiger partial charge is 0.337 e. The first kappa shape index (κ1) is 15.5. The van der Waals surface area contributed by atoms with Crippen LogP contribution in [0, 0.1) is 20.8 Å². The van der Waals surface area contributed by atoms with Gasteiger partial charge in [-0.1, -0.05) is 6.07 Å². The van der Waals surface area contributed by atoms with Crippen LogP contribution in [0.5, 0.6) is 0 Å². The summed E-state index contributed by atoms with van der Waals surface area (Å²) in [6.45, 7) is 5.25. The number of hydrogen-bond donors (Lipinski definition) is 2. The van der Waals surface area contributed by atoms with E-state index in [1.54, 1.807) is 26.0 Å². The second-order valence-corrected chi connectivity index (χ2v) is 7.98. The van der Waals surface area contributed by atoms with E-state index in [-0.39, 0.29) is 15.5 Å². The Morgan fingerprint density at radius 3 is 2.38 bits per heavy atom. The zero-order valence-corrected chi connectivity index (χ0v) is 13.4. The molecular formula is C14H15NO4S2. The van der Waals surface area contributed by atoms with E-state index >= 15 is 0 Å². The largest absolute Gasteiger partial charge is 0.478 e. The Kier molecular flexibility index (Phi) is 4.06. The van der Waals surface area contributed by atoms with E-state index in [9.17, 15) is 18.3 Å². The Hall–Kier alpha value is -1.86. The molecule has 0 aliphatic heterocycles. The fraction of sp³-hybridized carbons (Fsp3) is 0.214. The average molecular weight is 325 g/mol. The highest BCUT2D eigenvalue weighted by Crippen LogP contribution is 2.28. The molecule has 0 unspecified atom stereocenters. The van der Waals surface area contributed by atoms with E-state index in [2.05, 4.69) is 4.72 Å². The molecular weight excluding hydrogens is 310 g/mol. The second kappa shape index (κ2) is 5.50. The first-order valence-electron chi connectivity index (χ1n) is 6.14. The molecule has 2 rings (SSSR count). The normalized spacial score (nSPS) is 11.4. The van der Waals surface area contributed by atoms with Gasteiger partial charge >= 0.3 is 5.97 Å². The van der Waals surface area contributed by atoms with Crippen molar-refractivity contribution < 1.29 is 18.3 Å². The number of sulfonamides is 1. The van der Waals surface area contributed by atoms with Crippen LogP contribution >= 0.6 is 11.3 Å². The first-order valence-corrected chi connectivity index (χ1v) is 8.44. The van der Waals surface area contributed by atoms with Crippen molar-refractivity contribution in [1.82, 2.24) is 0 Å². The molecule has 0 spiro atoms. The summed E-state index contributed by atoms with van der Waals surface area (Å²) in [7, 11) is -3.78. The van der Waals surface area contributed by atoms with Crippen LogP contribution in [0.3, 0.4) is 0 Å². The molecule has 5 nitrogen and oxygen atoms in total. The zero-order valence-electron chi connectivity index (χ0n) is 11.8. The van der Waals surface area contributed by atoms with Crippen molar-refractivity contribution >= 4 is 33.0 Å². The molecule has 0 saturated heterocycles. The van der Waals surface area contributed by atoms with Crippen molar-refractivity contribution in [2.75, 3.05) is 4.72 Å². The van der Waals surface area contributed by atoms with Gasteiger partial charge in [0.25, 0.3) is 10.0 Å². The van der Waals surface area contributed by atoms with E-state index in [4.69, 9.17) is 0 Å². The summed E-state index contributed by atoms with van der Waals surface area (Å²) in [5.74, 6) is -1.16. The number of carboxylic acids is 1. The van der Waals surface area contributed by atoms with Crippen molar-refractivity contribution in [2.45, 2.75) is 25.0 Å². The second-order valence-electron chi connectivity index (χ2n) is 4.78. The summed E-state index contributed by atoms with van der Waals surface area (Å²) in [4.78, 5) is 12.2. The highest BCUT2D eigenvalue weighted by molar-refractivity contribution is 7.94. The maximum absolute atomic E-state index is 12.3. The Bertz CT molecular complexity index is 806. The molecule has 0 fully saturated rings. The van der Waals surface area contributed by atoms with Crippen LogP contribution in [0.2, 0.25) is 0 Å². The molecule has 2 N–H and O–H groups in total. The maximum atomic E-state index is 12.3. The lowest BCUT2D eigenvalue weighted by molar-refractivity contribution is 0.0698. The van der Waals surface area contributed by atoms with Gasteiger partial charge in [0, 0.05) is 4.88 Å². The Morgan fingerprint density at radius 1 is 1.19 bits per heavy atom. The first-order chi connectivity index (χ1) is 9.70. The highest BCUT2D eigenvalue weighted by atomic mass is 32.2. The van der Waals surface area contributed by atoms with Crippen molar-refractivity contribution in [3.05, 3.63) is 45.8 Å². The molecule has 1 heterocycles. The molecule has 0 radical (unpaired) electrons. The van der Waals surface area contributed by atoms with Gasteiger partial charge in [-0.15, -0.1) is 11.3 Å². The third-order valence-corrected chi connectivity index (χ3v) is 5.77. The van der Waals surface area contributed by atoms with Crippen LogP contribution in [0.15, 0.2) is 28.5 Å². The van der Waals surface area contributed by atoms with Crippen LogP contribution < -0.4 is 4.72 Å². The van der Waals surface area contributed by atoms with Crippen LogP contribution in [-0.2, 0) is 10.0 Å². The maximum Gasteiger partial charge on any atom is 0.337 e. The van der Waals surface area contributed by atoms with Gasteiger partial charge in [-0.05, 0) is 50.1 Å². The summed E-state index contributed by atoms with van der Waals surface area (Å²) in [6.07, 6.45) is 0. The lowest BCUT2D eigenvalue weighted by Gasteiger charge is -2.13. The number of carbonyl (C=O) groups is 1. The minimum atomic E-state index is -3.78. The van der Waals surface area contributed by atoms with E-state index in [0.717, 1.165) is 21.8 Å². The number of nitrogens with one attached hydrogen (secondary N) is 1. The van der Waals surface area contributed by atoms with Crippen molar-refractivity contribution in [3.63, 3.8) is 0 Å². The Morgan fingerprint density at radius 2 is 1.86 bits per heavy atom. The molecule has 0 atom stereocenters. The summed E-state index contributed by atoms with van der Waals surface area (Å²) in [5, 5.41) is 9.25. The molecule has 0 saturated carbocycles. The van der Waals surface area contributed by atoms with Gasteiger partial charge in [0.15, 0.2) is 0 Å². The Labute approximate surface area is 127 Å². The van der Waals surface area contributed by atoms with Crippen LogP contribution in [-0.4, -0.2) is 19.5 Å². The lowest BCUT2D eigenvalue weighted by atomic mass is 10.0. The molecule has 0 aliphatic carbocycles. The van der Waals surface area contributed by atoms with Crippen LogP contribution in [0.1, 0.15) is 26.4 Å². The van der Waals surface area contributed by atoms with Gasteiger partial charge in [-0.25, -0.2) is 13.2 Å². The van der Waals surface area contributed by atoms with Crippen LogP contribution in [0.4, 0.5) is 5.69 Å². The molecule has 2 aromatic rings. The predicted molar refractivity (Wildman–Crippen MR) is 82.7 cm³/mol. The SMILES string of the molecule is Cc1cc(C)c(NS(=O)(=O)c2ccc(C)s2)c(C(=O)O)c1. The zero-order chi connectivity index (χ0) is 15.8. The summed E-state index contributed by atoms with van der Waals surface area (Å²) in [6, 6.07) is 6.41. The number of aromatic carboxylic acids is 1. The van der Waals surface area contributed by atoms with Gasteiger partial charge in [0.2, 0.25) is 0 Å². The third kappa shape index (κ3) is 3.25. The number of carboxylic acid groups (broad SMARTS) is 1. The number of aryl methyl sites for hydroxylation is 3. The molecule has 21 heavy (non-hydrogen) atoms. The van der Waals surface area contributed by atoms with Gasteiger partial charge in [-0.2, -0.15) is 0 Å². The standard InChI is InChI=1S/C14H15NO4S2/c1-8-6-9(2)13(11(7-8)14(16)17)15-21(18,19)12-5-4-10(3)20-12/h4-7,15H,1-3H3,(H,16,17). The summed E-state index contributed by atoms with van der Waals surface area (Å²) in [5.41, 5.74) is 1.40. The van der Waals surface area contributed by atoms with E-state index in [0.29, 0.717) is 5.56 Å². The summed E-state index contributed by atoms with van der Waals surface area (Å²) >= 11 is 1.14. The third-order valence-electron chi connectivity index (χ3n) is 2.93. The molecule has 0 bridgehead atoms. The number of hydrogen-bond acceptors (Lipinski definition) is 4. The molecule has 0 amide bonds. The monoisotopic (exact) mass is 325 g/mol. The summed E-state index contributed by atoms with van der Waals surface area (Å²) < 4.78 is 27.2. The number of anilines is 1. The lowest BCUT2D eigenvalue weighted by Crippen LogP contribution is -2.16. The molecule has 1 aromatic heterocycles. The fourth-order valence-electron chi connectivity index (χ4n) is 2.01. The van der Waals surface area contributed by atoms with Gasteiger partial charge < -0.3 is 5.11 Å². The van der Waals surface area contributed by atoms with Gasteiger partial charge in [0.05, 0.1) is 11.3 Å². The minimum Gasteiger partial charge on any atom is -0.478 e. The van der Waals surface area contributed by atoms with Crippen molar-refractivity contribution in [2.24, 2.45) is 0 Å². The number of thiophene rings is 1. The average Bonchev–Trinajstić information content (AvgIpc) is 2.79. The fourth-order valence-corrected chi connectivity index (χ4v) is 4.45. The van der Waals surface area contributed by atoms with E-state index in [1.165, 1.54) is 12.1 Å². The molecule has 1 aromatic carbocycles. The van der Waals surface area contributed by atoms with Gasteiger partial charge in [0.1, 0.15) is 4.21 Å². The topological polar surface area (TPSA) is 83.5 Å². The quantitative estimate of drug-likeness (QED) is 0.904. The minimum absolute atomic E-state index is 0.0515. The Balaban J connectivity index is 2.51. The highest BCUT2D eigenvalue weighted by Gasteiger charge is 2.21. The number of benzene rings is 1. The van der Waals surface area contributed by atoms with Gasteiger partial charge in [-0.3, -0.25) is 4.72 Å². The molecule has 112 valence electrons. The molecule has 0 aliphatic rings.